The Kier molecular flexibility index (Phi) is 6.74. The fraction of sp³-hybridized carbons (Fsp3) is 0.471. The van der Waals surface area contributed by atoms with Gasteiger partial charge in [0, 0.05) is 0 Å². The first-order valence-electron chi connectivity index (χ1n) is 8.08. The molecular weight excluding hydrogens is 310 g/mol. The van der Waals surface area contributed by atoms with Crippen molar-refractivity contribution < 1.29 is 19.1 Å². The van der Waals surface area contributed by atoms with Gasteiger partial charge in [0.15, 0.2) is 0 Å². The average molecular weight is 333 g/mol. The summed E-state index contributed by atoms with van der Waals surface area (Å²) < 4.78 is 5.11. The zero-order valence-electron chi connectivity index (χ0n) is 13.5. The van der Waals surface area contributed by atoms with E-state index in [2.05, 4.69) is 10.6 Å². The maximum absolute atomic E-state index is 11.9. The fourth-order valence-electron chi connectivity index (χ4n) is 2.21. The summed E-state index contributed by atoms with van der Waals surface area (Å²) in [7, 11) is 0. The van der Waals surface area contributed by atoms with E-state index in [0.717, 1.165) is 24.8 Å². The minimum atomic E-state index is -0.733. The van der Waals surface area contributed by atoms with Gasteiger partial charge in [-0.1, -0.05) is 30.3 Å². The summed E-state index contributed by atoms with van der Waals surface area (Å²) in [6, 6.07) is 8.66. The van der Waals surface area contributed by atoms with Crippen LogP contribution in [0.2, 0.25) is 0 Å². The summed E-state index contributed by atoms with van der Waals surface area (Å²) in [5, 5.41) is 4.87. The number of esters is 1. The predicted octanol–water partition coefficient (Wildman–Crippen LogP) is -0.115. The summed E-state index contributed by atoms with van der Waals surface area (Å²) in [6.07, 6.45) is 3.22. The molecule has 4 N–H and O–H groups in total. The van der Waals surface area contributed by atoms with Gasteiger partial charge in [-0.2, -0.15) is 0 Å². The lowest BCUT2D eigenvalue weighted by atomic mass is 9.96. The van der Waals surface area contributed by atoms with Crippen LogP contribution >= 0.6 is 0 Å². The molecule has 24 heavy (non-hydrogen) atoms. The van der Waals surface area contributed by atoms with Crippen molar-refractivity contribution in [2.75, 3.05) is 13.1 Å². The number of hydrogen-bond acceptors (Lipinski definition) is 5. The highest BCUT2D eigenvalue weighted by Gasteiger charge is 2.21. The van der Waals surface area contributed by atoms with E-state index >= 15 is 0 Å². The van der Waals surface area contributed by atoms with Gasteiger partial charge < -0.3 is 21.1 Å². The lowest BCUT2D eigenvalue weighted by Gasteiger charge is -2.25. The minimum absolute atomic E-state index is 0.00918. The number of hydrogen-bond donors (Lipinski definition) is 3. The van der Waals surface area contributed by atoms with Gasteiger partial charge in [-0.15, -0.1) is 0 Å². The predicted molar refractivity (Wildman–Crippen MR) is 87.9 cm³/mol. The van der Waals surface area contributed by atoms with E-state index in [1.807, 2.05) is 30.3 Å². The molecule has 1 saturated carbocycles. The van der Waals surface area contributed by atoms with Crippen LogP contribution in [0.3, 0.4) is 0 Å². The molecule has 1 fully saturated rings. The molecule has 0 heterocycles. The maximum atomic E-state index is 11.9. The van der Waals surface area contributed by atoms with Gasteiger partial charge >= 0.3 is 5.97 Å². The van der Waals surface area contributed by atoms with E-state index in [1.165, 1.54) is 0 Å². The SMILES string of the molecule is N[C@@H](Cc1ccccc1)C(=O)NCC(=O)NCC(=O)OC1CCC1. The molecule has 2 rings (SSSR count). The Balaban J connectivity index is 1.61. The average Bonchev–Trinajstić information content (AvgIpc) is 2.55. The summed E-state index contributed by atoms with van der Waals surface area (Å²) in [5.41, 5.74) is 6.76. The number of benzene rings is 1. The second kappa shape index (κ2) is 9.02. The van der Waals surface area contributed by atoms with Crippen LogP contribution in [0.15, 0.2) is 30.3 Å². The molecule has 0 bridgehead atoms. The first kappa shape index (κ1) is 17.9. The molecule has 1 aliphatic carbocycles. The number of ether oxygens (including phenoxy) is 1. The van der Waals surface area contributed by atoms with E-state index in [9.17, 15) is 14.4 Å². The Bertz CT molecular complexity index is 572. The molecule has 1 aromatic carbocycles. The zero-order chi connectivity index (χ0) is 17.4. The number of carbonyl (C=O) groups is 3. The molecule has 7 nitrogen and oxygen atoms in total. The molecule has 0 aromatic heterocycles. The molecule has 2 amide bonds. The maximum Gasteiger partial charge on any atom is 0.325 e. The third-order valence-electron chi connectivity index (χ3n) is 3.84. The summed E-state index contributed by atoms with van der Waals surface area (Å²) >= 11 is 0. The monoisotopic (exact) mass is 333 g/mol. The molecule has 0 radical (unpaired) electrons. The lowest BCUT2D eigenvalue weighted by molar-refractivity contribution is -0.152. The number of carbonyl (C=O) groups excluding carboxylic acids is 3. The summed E-state index contributed by atoms with van der Waals surface area (Å²) in [4.78, 5) is 35.0. The smallest absolute Gasteiger partial charge is 0.325 e. The molecule has 1 atom stereocenters. The number of amides is 2. The van der Waals surface area contributed by atoms with Crippen molar-refractivity contribution in [3.8, 4) is 0 Å². The van der Waals surface area contributed by atoms with Gasteiger partial charge in [0.05, 0.1) is 12.6 Å². The number of nitrogens with one attached hydrogen (secondary N) is 2. The highest BCUT2D eigenvalue weighted by Crippen LogP contribution is 2.21. The Morgan fingerprint density at radius 1 is 1.12 bits per heavy atom. The van der Waals surface area contributed by atoms with Crippen LogP contribution < -0.4 is 16.4 Å². The van der Waals surface area contributed by atoms with Crippen molar-refractivity contribution in [3.05, 3.63) is 35.9 Å². The van der Waals surface area contributed by atoms with E-state index in [1.54, 1.807) is 0 Å². The van der Waals surface area contributed by atoms with Gasteiger partial charge in [0.2, 0.25) is 11.8 Å². The van der Waals surface area contributed by atoms with Crippen LogP contribution in [0.25, 0.3) is 0 Å². The second-order valence-electron chi connectivity index (χ2n) is 5.83. The zero-order valence-corrected chi connectivity index (χ0v) is 13.5. The van der Waals surface area contributed by atoms with E-state index < -0.39 is 23.8 Å². The molecule has 7 heteroatoms. The third-order valence-corrected chi connectivity index (χ3v) is 3.84. The topological polar surface area (TPSA) is 111 Å². The molecule has 1 aromatic rings. The van der Waals surface area contributed by atoms with Crippen molar-refractivity contribution in [1.82, 2.24) is 10.6 Å². The summed E-state index contributed by atoms with van der Waals surface area (Å²) in [6.45, 7) is -0.417. The molecule has 1 aliphatic rings. The largest absolute Gasteiger partial charge is 0.461 e. The Morgan fingerprint density at radius 3 is 2.46 bits per heavy atom. The van der Waals surface area contributed by atoms with Crippen LogP contribution in [-0.2, 0) is 25.5 Å². The van der Waals surface area contributed by atoms with E-state index in [4.69, 9.17) is 10.5 Å². The normalized spacial score (nSPS) is 15.0. The van der Waals surface area contributed by atoms with Crippen molar-refractivity contribution in [1.29, 1.82) is 0 Å². The quantitative estimate of drug-likeness (QED) is 0.575. The number of rotatable bonds is 8. The third kappa shape index (κ3) is 6.00. The Labute approximate surface area is 140 Å². The molecule has 0 saturated heterocycles. The first-order chi connectivity index (χ1) is 11.5. The van der Waals surface area contributed by atoms with Gasteiger partial charge in [-0.05, 0) is 31.2 Å². The van der Waals surface area contributed by atoms with Crippen LogP contribution in [0.4, 0.5) is 0 Å². The van der Waals surface area contributed by atoms with Gasteiger partial charge in [-0.25, -0.2) is 0 Å². The summed E-state index contributed by atoms with van der Waals surface area (Å²) in [5.74, 6) is -1.33. The van der Waals surface area contributed by atoms with E-state index in [-0.39, 0.29) is 19.2 Å². The van der Waals surface area contributed by atoms with Gasteiger partial charge in [-0.3, -0.25) is 14.4 Å². The number of nitrogens with two attached hydrogens (primary N) is 1. The molecule has 0 unspecified atom stereocenters. The standard InChI is InChI=1S/C17H23N3O4/c18-14(9-12-5-2-1-3-6-12)17(23)20-10-15(21)19-11-16(22)24-13-7-4-8-13/h1-3,5-6,13-14H,4,7-11,18H2,(H,19,21)(H,20,23)/t14-/m0/s1. The molecule has 0 aliphatic heterocycles. The highest BCUT2D eigenvalue weighted by molar-refractivity contribution is 5.88. The lowest BCUT2D eigenvalue weighted by Crippen LogP contribution is -2.46. The van der Waals surface area contributed by atoms with Crippen molar-refractivity contribution >= 4 is 17.8 Å². The fourth-order valence-corrected chi connectivity index (χ4v) is 2.21. The van der Waals surface area contributed by atoms with Crippen molar-refractivity contribution in [3.63, 3.8) is 0 Å². The Morgan fingerprint density at radius 2 is 1.83 bits per heavy atom. The van der Waals surface area contributed by atoms with Crippen molar-refractivity contribution in [2.45, 2.75) is 37.8 Å². The molecule has 0 spiro atoms. The van der Waals surface area contributed by atoms with Crippen LogP contribution in [0.5, 0.6) is 0 Å². The molecule has 130 valence electrons. The van der Waals surface area contributed by atoms with Crippen LogP contribution in [0, 0.1) is 0 Å². The molecular formula is C17H23N3O4. The van der Waals surface area contributed by atoms with Crippen molar-refractivity contribution in [2.24, 2.45) is 5.73 Å². The highest BCUT2D eigenvalue weighted by atomic mass is 16.5. The van der Waals surface area contributed by atoms with Crippen LogP contribution in [-0.4, -0.2) is 43.0 Å². The van der Waals surface area contributed by atoms with Gasteiger partial charge in [0.25, 0.3) is 0 Å². The first-order valence-corrected chi connectivity index (χ1v) is 8.08. The Hall–Kier alpha value is -2.41. The van der Waals surface area contributed by atoms with Crippen LogP contribution in [0.1, 0.15) is 24.8 Å². The second-order valence-corrected chi connectivity index (χ2v) is 5.83. The van der Waals surface area contributed by atoms with Gasteiger partial charge in [0.1, 0.15) is 12.6 Å². The minimum Gasteiger partial charge on any atom is -0.461 e. The van der Waals surface area contributed by atoms with E-state index in [0.29, 0.717) is 6.42 Å².